The van der Waals surface area contributed by atoms with Gasteiger partial charge in [-0.2, -0.15) is 0 Å². The second-order valence-corrected chi connectivity index (χ2v) is 5.10. The van der Waals surface area contributed by atoms with Crippen LogP contribution in [0.4, 0.5) is 4.39 Å². The number of hydrogen-bond acceptors (Lipinski definition) is 2. The first-order valence-corrected chi connectivity index (χ1v) is 7.27. The SMILES string of the molecule is CCNC(Cc1ccccc1C)c1c(F)cccc1OC. The molecule has 0 saturated heterocycles. The van der Waals surface area contributed by atoms with Crippen LogP contribution in [0.15, 0.2) is 42.5 Å². The molecule has 3 heteroatoms. The van der Waals surface area contributed by atoms with Gasteiger partial charge in [0.1, 0.15) is 11.6 Å². The van der Waals surface area contributed by atoms with Crippen molar-refractivity contribution in [1.82, 2.24) is 5.32 Å². The number of ether oxygens (including phenoxy) is 1. The van der Waals surface area contributed by atoms with E-state index in [9.17, 15) is 4.39 Å². The van der Waals surface area contributed by atoms with Gasteiger partial charge in [-0.1, -0.05) is 37.3 Å². The molecule has 1 unspecified atom stereocenters. The van der Waals surface area contributed by atoms with Crippen molar-refractivity contribution < 1.29 is 9.13 Å². The Labute approximate surface area is 126 Å². The maximum Gasteiger partial charge on any atom is 0.131 e. The predicted octanol–water partition coefficient (Wildman–Crippen LogP) is 4.04. The van der Waals surface area contributed by atoms with Gasteiger partial charge in [0.05, 0.1) is 7.11 Å². The first kappa shape index (κ1) is 15.5. The zero-order chi connectivity index (χ0) is 15.2. The zero-order valence-electron chi connectivity index (χ0n) is 12.8. The number of nitrogens with one attached hydrogen (secondary N) is 1. The van der Waals surface area contributed by atoms with Crippen LogP contribution in [0.1, 0.15) is 29.7 Å². The molecule has 0 aliphatic carbocycles. The third kappa shape index (κ3) is 3.61. The summed E-state index contributed by atoms with van der Waals surface area (Å²) in [6.45, 7) is 4.88. The molecule has 0 radical (unpaired) electrons. The van der Waals surface area contributed by atoms with Gasteiger partial charge in [0.25, 0.3) is 0 Å². The van der Waals surface area contributed by atoms with Gasteiger partial charge in [-0.25, -0.2) is 4.39 Å². The van der Waals surface area contributed by atoms with Crippen LogP contribution in [0, 0.1) is 12.7 Å². The normalized spacial score (nSPS) is 12.2. The molecule has 21 heavy (non-hydrogen) atoms. The molecule has 2 nitrogen and oxygen atoms in total. The minimum absolute atomic E-state index is 0.104. The average molecular weight is 287 g/mol. The molecule has 0 amide bonds. The summed E-state index contributed by atoms with van der Waals surface area (Å²) < 4.78 is 19.6. The van der Waals surface area contributed by atoms with E-state index >= 15 is 0 Å². The van der Waals surface area contributed by atoms with E-state index in [1.807, 2.05) is 19.1 Å². The van der Waals surface area contributed by atoms with Gasteiger partial charge in [0.2, 0.25) is 0 Å². The number of aryl methyl sites for hydroxylation is 1. The Balaban J connectivity index is 2.38. The first-order valence-electron chi connectivity index (χ1n) is 7.27. The molecule has 2 rings (SSSR count). The summed E-state index contributed by atoms with van der Waals surface area (Å²) in [5.41, 5.74) is 3.04. The summed E-state index contributed by atoms with van der Waals surface area (Å²) in [7, 11) is 1.58. The lowest BCUT2D eigenvalue weighted by Gasteiger charge is -2.22. The molecular weight excluding hydrogens is 265 g/mol. The molecule has 2 aromatic rings. The van der Waals surface area contributed by atoms with Crippen LogP contribution in [-0.4, -0.2) is 13.7 Å². The van der Waals surface area contributed by atoms with Crippen LogP contribution in [-0.2, 0) is 6.42 Å². The highest BCUT2D eigenvalue weighted by Crippen LogP contribution is 2.30. The van der Waals surface area contributed by atoms with Crippen molar-refractivity contribution in [2.45, 2.75) is 26.3 Å². The highest BCUT2D eigenvalue weighted by atomic mass is 19.1. The summed E-state index contributed by atoms with van der Waals surface area (Å²) >= 11 is 0. The van der Waals surface area contributed by atoms with E-state index in [4.69, 9.17) is 4.74 Å². The van der Waals surface area contributed by atoms with Crippen molar-refractivity contribution in [1.29, 1.82) is 0 Å². The highest BCUT2D eigenvalue weighted by molar-refractivity contribution is 5.39. The van der Waals surface area contributed by atoms with Crippen LogP contribution < -0.4 is 10.1 Å². The van der Waals surface area contributed by atoms with E-state index in [2.05, 4.69) is 24.4 Å². The van der Waals surface area contributed by atoms with Gasteiger partial charge in [0, 0.05) is 11.6 Å². The summed E-state index contributed by atoms with van der Waals surface area (Å²) in [5, 5.41) is 3.37. The maximum atomic E-state index is 14.3. The monoisotopic (exact) mass is 287 g/mol. The molecule has 0 aliphatic rings. The van der Waals surface area contributed by atoms with Gasteiger partial charge in [-0.3, -0.25) is 0 Å². The topological polar surface area (TPSA) is 21.3 Å². The van der Waals surface area contributed by atoms with E-state index in [0.29, 0.717) is 11.3 Å². The van der Waals surface area contributed by atoms with Crippen molar-refractivity contribution in [3.63, 3.8) is 0 Å². The number of benzene rings is 2. The fourth-order valence-corrected chi connectivity index (χ4v) is 2.62. The Kier molecular flexibility index (Phi) is 5.34. The lowest BCUT2D eigenvalue weighted by Crippen LogP contribution is -2.24. The maximum absolute atomic E-state index is 14.3. The van der Waals surface area contributed by atoms with E-state index in [1.165, 1.54) is 17.2 Å². The van der Waals surface area contributed by atoms with Gasteiger partial charge < -0.3 is 10.1 Å². The minimum Gasteiger partial charge on any atom is -0.496 e. The van der Waals surface area contributed by atoms with E-state index in [1.54, 1.807) is 19.2 Å². The Morgan fingerprint density at radius 2 is 1.90 bits per heavy atom. The molecule has 1 N–H and O–H groups in total. The standard InChI is InChI=1S/C18H22FNO/c1-4-20-16(12-14-9-6-5-8-13(14)2)18-15(19)10-7-11-17(18)21-3/h5-11,16,20H,4,12H2,1-3H3. The van der Waals surface area contributed by atoms with Gasteiger partial charge >= 0.3 is 0 Å². The fraction of sp³-hybridized carbons (Fsp3) is 0.333. The second-order valence-electron chi connectivity index (χ2n) is 5.10. The van der Waals surface area contributed by atoms with Crippen LogP contribution in [0.3, 0.4) is 0 Å². The van der Waals surface area contributed by atoms with Crippen molar-refractivity contribution in [2.24, 2.45) is 0 Å². The largest absolute Gasteiger partial charge is 0.496 e. The fourth-order valence-electron chi connectivity index (χ4n) is 2.62. The Morgan fingerprint density at radius 3 is 2.57 bits per heavy atom. The number of likely N-dealkylation sites (N-methyl/N-ethyl adjacent to an activating group) is 1. The van der Waals surface area contributed by atoms with Crippen molar-refractivity contribution in [2.75, 3.05) is 13.7 Å². The third-order valence-corrected chi connectivity index (χ3v) is 3.72. The molecule has 0 aromatic heterocycles. The predicted molar refractivity (Wildman–Crippen MR) is 84.3 cm³/mol. The first-order chi connectivity index (χ1) is 10.2. The molecule has 0 spiro atoms. The highest BCUT2D eigenvalue weighted by Gasteiger charge is 2.20. The quantitative estimate of drug-likeness (QED) is 0.866. The van der Waals surface area contributed by atoms with E-state index < -0.39 is 0 Å². The minimum atomic E-state index is -0.228. The number of rotatable bonds is 6. The lowest BCUT2D eigenvalue weighted by molar-refractivity contribution is 0.390. The molecule has 112 valence electrons. The summed E-state index contributed by atoms with van der Waals surface area (Å²) in [5.74, 6) is 0.364. The Morgan fingerprint density at radius 1 is 1.14 bits per heavy atom. The van der Waals surface area contributed by atoms with Crippen LogP contribution in [0.25, 0.3) is 0 Å². The molecule has 1 atom stereocenters. The summed E-state index contributed by atoms with van der Waals surface area (Å²) in [4.78, 5) is 0. The number of halogens is 1. The lowest BCUT2D eigenvalue weighted by atomic mass is 9.95. The number of hydrogen-bond donors (Lipinski definition) is 1. The van der Waals surface area contributed by atoms with Crippen LogP contribution in [0.5, 0.6) is 5.75 Å². The molecular formula is C18H22FNO. The van der Waals surface area contributed by atoms with Crippen LogP contribution in [0.2, 0.25) is 0 Å². The molecule has 0 saturated carbocycles. The summed E-state index contributed by atoms with van der Waals surface area (Å²) in [6.07, 6.45) is 0.734. The average Bonchev–Trinajstić information content (AvgIpc) is 2.48. The smallest absolute Gasteiger partial charge is 0.131 e. The second kappa shape index (κ2) is 7.23. The molecule has 0 fully saturated rings. The van der Waals surface area contributed by atoms with Crippen LogP contribution >= 0.6 is 0 Å². The Hall–Kier alpha value is -1.87. The van der Waals surface area contributed by atoms with E-state index in [-0.39, 0.29) is 11.9 Å². The van der Waals surface area contributed by atoms with Crippen molar-refractivity contribution >= 4 is 0 Å². The molecule has 0 bridgehead atoms. The molecule has 0 heterocycles. The van der Waals surface area contributed by atoms with Gasteiger partial charge in [-0.15, -0.1) is 0 Å². The zero-order valence-corrected chi connectivity index (χ0v) is 12.8. The Bertz CT molecular complexity index is 598. The van der Waals surface area contributed by atoms with Gasteiger partial charge in [0.15, 0.2) is 0 Å². The molecule has 2 aromatic carbocycles. The van der Waals surface area contributed by atoms with Crippen molar-refractivity contribution in [3.8, 4) is 5.75 Å². The van der Waals surface area contributed by atoms with Crippen molar-refractivity contribution in [3.05, 3.63) is 65.0 Å². The van der Waals surface area contributed by atoms with E-state index in [0.717, 1.165) is 13.0 Å². The van der Waals surface area contributed by atoms with Gasteiger partial charge in [-0.05, 0) is 43.1 Å². The molecule has 0 aliphatic heterocycles. The summed E-state index contributed by atoms with van der Waals surface area (Å²) in [6, 6.07) is 13.1. The number of methoxy groups -OCH3 is 1. The third-order valence-electron chi connectivity index (χ3n) is 3.72.